The number of aryl methyl sites for hydroxylation is 1. The van der Waals surface area contributed by atoms with Crippen molar-refractivity contribution < 1.29 is 14.3 Å². The minimum atomic E-state index is -0.172. The number of hydrogen-bond acceptors (Lipinski definition) is 3. The number of para-hydroxylation sites is 1. The normalized spacial score (nSPS) is 18.6. The first kappa shape index (κ1) is 23.0. The summed E-state index contributed by atoms with van der Waals surface area (Å²) in [6.45, 7) is 7.79. The van der Waals surface area contributed by atoms with E-state index in [1.807, 2.05) is 30.3 Å². The number of nitrogens with zero attached hydrogens (tertiary/aromatic N) is 2. The van der Waals surface area contributed by atoms with Gasteiger partial charge < -0.3 is 18.9 Å². The number of halogens is 1. The van der Waals surface area contributed by atoms with Crippen LogP contribution in [-0.4, -0.2) is 41.7 Å². The van der Waals surface area contributed by atoms with Gasteiger partial charge in [-0.3, -0.25) is 4.79 Å². The van der Waals surface area contributed by atoms with Crippen LogP contribution < -0.4 is 4.74 Å². The molecule has 34 heavy (non-hydrogen) atoms. The van der Waals surface area contributed by atoms with Gasteiger partial charge in [-0.2, -0.15) is 0 Å². The number of ether oxygens (including phenoxy) is 2. The Labute approximate surface area is 206 Å². The van der Waals surface area contributed by atoms with Crippen LogP contribution in [0.3, 0.4) is 0 Å². The van der Waals surface area contributed by atoms with E-state index in [4.69, 9.17) is 21.1 Å². The summed E-state index contributed by atoms with van der Waals surface area (Å²) >= 11 is 6.32. The lowest BCUT2D eigenvalue weighted by Gasteiger charge is -2.37. The number of hydrogen-bond donors (Lipinski definition) is 0. The van der Waals surface area contributed by atoms with Crippen LogP contribution in [0.15, 0.2) is 48.5 Å². The lowest BCUT2D eigenvalue weighted by atomic mass is 9.96. The van der Waals surface area contributed by atoms with E-state index >= 15 is 0 Å². The number of carbonyl (C=O) groups excluding carboxylic acids is 1. The van der Waals surface area contributed by atoms with Gasteiger partial charge in [-0.1, -0.05) is 29.8 Å². The van der Waals surface area contributed by atoms with E-state index in [-0.39, 0.29) is 24.0 Å². The van der Waals surface area contributed by atoms with Crippen molar-refractivity contribution in [1.82, 2.24) is 9.47 Å². The molecule has 1 saturated heterocycles. The summed E-state index contributed by atoms with van der Waals surface area (Å²) in [5.41, 5.74) is 6.04. The van der Waals surface area contributed by atoms with Gasteiger partial charge in [0.2, 0.25) is 0 Å². The first-order valence-electron chi connectivity index (χ1n) is 12.0. The average Bonchev–Trinajstić information content (AvgIpc) is 3.35. The number of methoxy groups -OCH3 is 1. The second-order valence-corrected chi connectivity index (χ2v) is 9.89. The van der Waals surface area contributed by atoms with Gasteiger partial charge in [0.1, 0.15) is 5.75 Å². The van der Waals surface area contributed by atoms with Crippen LogP contribution in [-0.2, 0) is 4.74 Å². The van der Waals surface area contributed by atoms with Gasteiger partial charge >= 0.3 is 0 Å². The molecule has 0 saturated carbocycles. The van der Waals surface area contributed by atoms with E-state index in [0.717, 1.165) is 52.2 Å². The van der Waals surface area contributed by atoms with Gasteiger partial charge in [-0.15, -0.1) is 0 Å². The first-order valence-corrected chi connectivity index (χ1v) is 12.3. The molecule has 0 spiro atoms. The van der Waals surface area contributed by atoms with Crippen LogP contribution in [0, 0.1) is 6.92 Å². The molecule has 178 valence electrons. The fourth-order valence-corrected chi connectivity index (χ4v) is 5.81. The zero-order valence-corrected chi connectivity index (χ0v) is 20.9. The van der Waals surface area contributed by atoms with E-state index in [1.165, 1.54) is 0 Å². The largest absolute Gasteiger partial charge is 0.496 e. The van der Waals surface area contributed by atoms with Crippen molar-refractivity contribution in [3.05, 3.63) is 75.9 Å². The Bertz CT molecular complexity index is 1230. The highest BCUT2D eigenvalue weighted by Crippen LogP contribution is 2.47. The van der Waals surface area contributed by atoms with Gasteiger partial charge in [-0.25, -0.2) is 0 Å². The second kappa shape index (κ2) is 9.12. The molecule has 5 rings (SSSR count). The van der Waals surface area contributed by atoms with Crippen LogP contribution in [0.2, 0.25) is 5.02 Å². The highest BCUT2D eigenvalue weighted by Gasteiger charge is 2.46. The maximum absolute atomic E-state index is 14.0. The molecular formula is C28H31ClN2O3. The van der Waals surface area contributed by atoms with Crippen LogP contribution in [0.25, 0.3) is 11.3 Å². The molecule has 0 N–H and O–H groups in total. The van der Waals surface area contributed by atoms with E-state index in [2.05, 4.69) is 48.4 Å². The molecule has 5 nitrogen and oxygen atoms in total. The number of amides is 1. The maximum Gasteiger partial charge on any atom is 0.256 e. The van der Waals surface area contributed by atoms with Crippen molar-refractivity contribution in [3.63, 3.8) is 0 Å². The second-order valence-electron chi connectivity index (χ2n) is 9.45. The molecule has 1 amide bonds. The Hall–Kier alpha value is -2.76. The summed E-state index contributed by atoms with van der Waals surface area (Å²) in [6, 6.07) is 16.2. The molecule has 1 atom stereocenters. The number of benzene rings is 2. The summed E-state index contributed by atoms with van der Waals surface area (Å²) in [7, 11) is 1.69. The van der Waals surface area contributed by atoms with E-state index < -0.39 is 0 Å². The maximum atomic E-state index is 14.0. The summed E-state index contributed by atoms with van der Waals surface area (Å²) in [4.78, 5) is 16.2. The van der Waals surface area contributed by atoms with Crippen molar-refractivity contribution in [1.29, 1.82) is 0 Å². The Morgan fingerprint density at radius 1 is 1.06 bits per heavy atom. The summed E-state index contributed by atoms with van der Waals surface area (Å²) in [5, 5.41) is 0.706. The van der Waals surface area contributed by atoms with Crippen LogP contribution >= 0.6 is 11.6 Å². The molecule has 0 bridgehead atoms. The van der Waals surface area contributed by atoms with Gasteiger partial charge in [-0.05, 0) is 75.1 Å². The molecule has 0 radical (unpaired) electrons. The van der Waals surface area contributed by atoms with Crippen molar-refractivity contribution >= 4 is 17.5 Å². The average molecular weight is 479 g/mol. The molecule has 2 aliphatic heterocycles. The monoisotopic (exact) mass is 478 g/mol. The molecule has 3 heterocycles. The van der Waals surface area contributed by atoms with Crippen molar-refractivity contribution in [2.75, 3.05) is 20.3 Å². The zero-order chi connectivity index (χ0) is 24.0. The SMILES string of the molecule is COc1ccccc1-c1cc2c(n1C(C)C)C(c1ccc(Cl)cc1C)N(C1CCOCC1)C2=O. The number of aromatic nitrogens is 1. The van der Waals surface area contributed by atoms with Crippen molar-refractivity contribution in [2.24, 2.45) is 0 Å². The van der Waals surface area contributed by atoms with E-state index in [1.54, 1.807) is 7.11 Å². The number of carbonyl (C=O) groups is 1. The molecule has 1 aromatic heterocycles. The summed E-state index contributed by atoms with van der Waals surface area (Å²) < 4.78 is 13.6. The Kier molecular flexibility index (Phi) is 6.17. The standard InChI is InChI=1S/C28H31ClN2O3/c1-17(2)30-24(22-7-5-6-8-25(22)33-4)16-23-27(30)26(21-10-9-19(29)15-18(21)3)31(28(23)32)20-11-13-34-14-12-20/h5-10,15-17,20,26H,11-14H2,1-4H3. The first-order chi connectivity index (χ1) is 16.4. The van der Waals surface area contributed by atoms with Crippen molar-refractivity contribution in [2.45, 2.75) is 51.7 Å². The van der Waals surface area contributed by atoms with Crippen LogP contribution in [0.5, 0.6) is 5.75 Å². The minimum absolute atomic E-state index is 0.0943. The Morgan fingerprint density at radius 3 is 2.47 bits per heavy atom. The third-order valence-electron chi connectivity index (χ3n) is 7.09. The van der Waals surface area contributed by atoms with E-state index in [0.29, 0.717) is 18.2 Å². The van der Waals surface area contributed by atoms with Crippen LogP contribution in [0.4, 0.5) is 0 Å². The highest BCUT2D eigenvalue weighted by atomic mass is 35.5. The summed E-state index contributed by atoms with van der Waals surface area (Å²) in [5.74, 6) is 0.894. The topological polar surface area (TPSA) is 43.7 Å². The fourth-order valence-electron chi connectivity index (χ4n) is 5.58. The lowest BCUT2D eigenvalue weighted by Crippen LogP contribution is -2.42. The van der Waals surface area contributed by atoms with Crippen molar-refractivity contribution in [3.8, 4) is 17.0 Å². The third-order valence-corrected chi connectivity index (χ3v) is 7.32. The molecule has 0 aliphatic carbocycles. The third kappa shape index (κ3) is 3.71. The van der Waals surface area contributed by atoms with Gasteiger partial charge in [0.05, 0.1) is 30.1 Å². The number of fused-ring (bicyclic) bond motifs is 1. The zero-order valence-electron chi connectivity index (χ0n) is 20.2. The highest BCUT2D eigenvalue weighted by molar-refractivity contribution is 6.30. The molecule has 2 aliphatic rings. The molecule has 1 fully saturated rings. The number of rotatable bonds is 5. The van der Waals surface area contributed by atoms with Gasteiger partial charge in [0.15, 0.2) is 0 Å². The Morgan fingerprint density at radius 2 is 1.79 bits per heavy atom. The smallest absolute Gasteiger partial charge is 0.256 e. The minimum Gasteiger partial charge on any atom is -0.496 e. The van der Waals surface area contributed by atoms with Gasteiger partial charge in [0, 0.05) is 35.9 Å². The molecular weight excluding hydrogens is 448 g/mol. The predicted molar refractivity (Wildman–Crippen MR) is 135 cm³/mol. The van der Waals surface area contributed by atoms with Gasteiger partial charge in [0.25, 0.3) is 5.91 Å². The Balaban J connectivity index is 1.75. The van der Waals surface area contributed by atoms with E-state index in [9.17, 15) is 4.79 Å². The quantitative estimate of drug-likeness (QED) is 0.424. The molecule has 6 heteroatoms. The fraction of sp³-hybridized carbons (Fsp3) is 0.393. The molecule has 1 unspecified atom stereocenters. The summed E-state index contributed by atoms with van der Waals surface area (Å²) in [6.07, 6.45) is 1.69. The predicted octanol–water partition coefficient (Wildman–Crippen LogP) is 6.43. The molecule has 3 aromatic rings. The van der Waals surface area contributed by atoms with Crippen LogP contribution in [0.1, 0.15) is 66.0 Å². The molecule has 2 aromatic carbocycles. The lowest BCUT2D eigenvalue weighted by molar-refractivity contribution is 0.0242.